The minimum absolute atomic E-state index is 0.169. The molecule has 0 saturated heterocycles. The number of fused-ring (bicyclic) bond motifs is 1. The molecule has 5 heteroatoms. The van der Waals surface area contributed by atoms with Gasteiger partial charge in [-0.25, -0.2) is 4.79 Å². The molecule has 0 N–H and O–H groups in total. The van der Waals surface area contributed by atoms with Crippen LogP contribution in [0.3, 0.4) is 0 Å². The molecule has 0 fully saturated rings. The van der Waals surface area contributed by atoms with Gasteiger partial charge in [0.05, 0.1) is 6.61 Å². The first-order valence-electron chi connectivity index (χ1n) is 8.87. The second-order valence-electron chi connectivity index (χ2n) is 5.79. The van der Waals surface area contributed by atoms with E-state index >= 15 is 0 Å². The lowest BCUT2D eigenvalue weighted by Crippen LogP contribution is -2.17. The van der Waals surface area contributed by atoms with Crippen molar-refractivity contribution in [2.24, 2.45) is 0 Å². The summed E-state index contributed by atoms with van der Waals surface area (Å²) < 4.78 is 21.6. The van der Waals surface area contributed by atoms with Gasteiger partial charge < -0.3 is 18.9 Å². The number of carbonyl (C=O) groups is 1. The molecular weight excluding hydrogens is 344 g/mol. The first-order chi connectivity index (χ1) is 13.2. The summed E-state index contributed by atoms with van der Waals surface area (Å²) in [6.07, 6.45) is 0. The predicted octanol–water partition coefficient (Wildman–Crippen LogP) is 4.24. The maximum Gasteiger partial charge on any atom is 0.349 e. The topological polar surface area (TPSA) is 54.0 Å². The van der Waals surface area contributed by atoms with Gasteiger partial charge in [-0.1, -0.05) is 30.3 Å². The van der Waals surface area contributed by atoms with Crippen molar-refractivity contribution in [1.29, 1.82) is 0 Å². The van der Waals surface area contributed by atoms with E-state index in [9.17, 15) is 4.79 Å². The van der Waals surface area contributed by atoms with E-state index in [-0.39, 0.29) is 6.61 Å². The molecule has 5 nitrogen and oxygen atoms in total. The Morgan fingerprint density at radius 3 is 2.19 bits per heavy atom. The van der Waals surface area contributed by atoms with Crippen molar-refractivity contribution in [1.82, 2.24) is 0 Å². The van der Waals surface area contributed by atoms with Crippen LogP contribution in [0.1, 0.15) is 6.92 Å². The quantitative estimate of drug-likeness (QED) is 0.322. The molecule has 0 aliphatic carbocycles. The van der Waals surface area contributed by atoms with E-state index in [4.69, 9.17) is 18.9 Å². The molecule has 0 radical (unpaired) electrons. The predicted molar refractivity (Wildman–Crippen MR) is 104 cm³/mol. The third-order valence-corrected chi connectivity index (χ3v) is 3.83. The van der Waals surface area contributed by atoms with Gasteiger partial charge in [-0.3, -0.25) is 0 Å². The van der Waals surface area contributed by atoms with Crippen molar-refractivity contribution < 1.29 is 23.7 Å². The van der Waals surface area contributed by atoms with E-state index in [2.05, 4.69) is 0 Å². The summed E-state index contributed by atoms with van der Waals surface area (Å²) in [5.41, 5.74) is 0. The molecule has 0 aromatic heterocycles. The lowest BCUT2D eigenvalue weighted by molar-refractivity contribution is -0.136. The SMILES string of the molecule is CCOCCOc1ccc(OCC(=O)Oc2ccc3ccccc3c2)cc1. The Morgan fingerprint density at radius 1 is 0.778 bits per heavy atom. The van der Waals surface area contributed by atoms with Crippen molar-refractivity contribution in [2.45, 2.75) is 6.92 Å². The van der Waals surface area contributed by atoms with Gasteiger partial charge in [0, 0.05) is 6.61 Å². The Labute approximate surface area is 158 Å². The largest absolute Gasteiger partial charge is 0.491 e. The van der Waals surface area contributed by atoms with Gasteiger partial charge in [0.2, 0.25) is 0 Å². The highest BCUT2D eigenvalue weighted by atomic mass is 16.6. The first-order valence-corrected chi connectivity index (χ1v) is 8.87. The van der Waals surface area contributed by atoms with Gasteiger partial charge in [0.15, 0.2) is 6.61 Å². The lowest BCUT2D eigenvalue weighted by atomic mass is 10.1. The zero-order valence-corrected chi connectivity index (χ0v) is 15.2. The van der Waals surface area contributed by atoms with Crippen LogP contribution in [0, 0.1) is 0 Å². The summed E-state index contributed by atoms with van der Waals surface area (Å²) in [6.45, 7) is 3.49. The Balaban J connectivity index is 1.46. The third-order valence-electron chi connectivity index (χ3n) is 3.83. The van der Waals surface area contributed by atoms with Gasteiger partial charge in [-0.2, -0.15) is 0 Å². The number of benzene rings is 3. The molecular formula is C22H22O5. The molecule has 0 bridgehead atoms. The van der Waals surface area contributed by atoms with Crippen LogP contribution >= 0.6 is 0 Å². The molecule has 3 aromatic carbocycles. The molecule has 0 spiro atoms. The minimum atomic E-state index is -0.456. The standard InChI is InChI=1S/C22H22O5/c1-2-24-13-14-25-19-9-11-20(12-10-19)26-16-22(23)27-21-8-7-17-5-3-4-6-18(17)15-21/h3-12,15H,2,13-14,16H2,1H3. The zero-order chi connectivity index (χ0) is 18.9. The molecule has 0 saturated carbocycles. The normalized spacial score (nSPS) is 10.6. The second kappa shape index (κ2) is 9.59. The van der Waals surface area contributed by atoms with Crippen molar-refractivity contribution in [3.05, 3.63) is 66.7 Å². The van der Waals surface area contributed by atoms with E-state index in [0.717, 1.165) is 16.5 Å². The average Bonchev–Trinajstić information content (AvgIpc) is 2.70. The third kappa shape index (κ3) is 5.72. The van der Waals surface area contributed by atoms with Crippen LogP contribution in [-0.2, 0) is 9.53 Å². The number of hydrogen-bond acceptors (Lipinski definition) is 5. The summed E-state index contributed by atoms with van der Waals surface area (Å²) >= 11 is 0. The summed E-state index contributed by atoms with van der Waals surface area (Å²) in [5.74, 6) is 1.34. The Hall–Kier alpha value is -3.05. The van der Waals surface area contributed by atoms with Crippen molar-refractivity contribution in [2.75, 3.05) is 26.4 Å². The Morgan fingerprint density at radius 2 is 1.44 bits per heavy atom. The lowest BCUT2D eigenvalue weighted by Gasteiger charge is -2.09. The fraction of sp³-hybridized carbons (Fsp3) is 0.227. The van der Waals surface area contributed by atoms with E-state index < -0.39 is 5.97 Å². The van der Waals surface area contributed by atoms with Crippen LogP contribution in [-0.4, -0.2) is 32.4 Å². The smallest absolute Gasteiger partial charge is 0.349 e. The van der Waals surface area contributed by atoms with Gasteiger partial charge in [-0.05, 0) is 54.1 Å². The summed E-state index contributed by atoms with van der Waals surface area (Å²) in [7, 11) is 0. The van der Waals surface area contributed by atoms with Crippen molar-refractivity contribution in [3.63, 3.8) is 0 Å². The molecule has 0 unspecified atom stereocenters. The summed E-state index contributed by atoms with van der Waals surface area (Å²) in [6, 6.07) is 20.5. The van der Waals surface area contributed by atoms with E-state index in [0.29, 0.717) is 31.3 Å². The van der Waals surface area contributed by atoms with Gasteiger partial charge in [0.25, 0.3) is 0 Å². The molecule has 140 valence electrons. The van der Waals surface area contributed by atoms with E-state index in [1.165, 1.54) is 0 Å². The second-order valence-corrected chi connectivity index (χ2v) is 5.79. The maximum absolute atomic E-state index is 12.0. The maximum atomic E-state index is 12.0. The fourth-order valence-electron chi connectivity index (χ4n) is 2.53. The number of carbonyl (C=O) groups excluding carboxylic acids is 1. The Kier molecular flexibility index (Phi) is 6.66. The van der Waals surface area contributed by atoms with Crippen molar-refractivity contribution in [3.8, 4) is 17.2 Å². The molecule has 0 amide bonds. The van der Waals surface area contributed by atoms with Crippen LogP contribution < -0.4 is 14.2 Å². The number of hydrogen-bond donors (Lipinski definition) is 0. The van der Waals surface area contributed by atoms with Crippen LogP contribution in [0.4, 0.5) is 0 Å². The monoisotopic (exact) mass is 366 g/mol. The molecule has 0 atom stereocenters. The summed E-state index contributed by atoms with van der Waals surface area (Å²) in [5, 5.41) is 2.11. The average molecular weight is 366 g/mol. The highest BCUT2D eigenvalue weighted by Gasteiger charge is 2.07. The minimum Gasteiger partial charge on any atom is -0.491 e. The fourth-order valence-corrected chi connectivity index (χ4v) is 2.53. The van der Waals surface area contributed by atoms with Crippen LogP contribution in [0.15, 0.2) is 66.7 Å². The molecule has 0 heterocycles. The Bertz CT molecular complexity index is 873. The molecule has 0 aliphatic heterocycles. The number of ether oxygens (including phenoxy) is 4. The van der Waals surface area contributed by atoms with Gasteiger partial charge >= 0.3 is 5.97 Å². The first kappa shape index (κ1) is 18.7. The van der Waals surface area contributed by atoms with Crippen LogP contribution in [0.5, 0.6) is 17.2 Å². The molecule has 0 aliphatic rings. The van der Waals surface area contributed by atoms with Gasteiger partial charge in [0.1, 0.15) is 23.9 Å². The molecule has 27 heavy (non-hydrogen) atoms. The summed E-state index contributed by atoms with van der Waals surface area (Å²) in [4.78, 5) is 12.0. The molecule has 3 rings (SSSR count). The van der Waals surface area contributed by atoms with Crippen molar-refractivity contribution >= 4 is 16.7 Å². The van der Waals surface area contributed by atoms with Crippen LogP contribution in [0.25, 0.3) is 10.8 Å². The van der Waals surface area contributed by atoms with E-state index in [1.54, 1.807) is 30.3 Å². The number of esters is 1. The molecule has 3 aromatic rings. The van der Waals surface area contributed by atoms with E-state index in [1.807, 2.05) is 43.3 Å². The van der Waals surface area contributed by atoms with Gasteiger partial charge in [-0.15, -0.1) is 0 Å². The highest BCUT2D eigenvalue weighted by Crippen LogP contribution is 2.21. The number of rotatable bonds is 9. The highest BCUT2D eigenvalue weighted by molar-refractivity contribution is 5.84. The van der Waals surface area contributed by atoms with Crippen LogP contribution in [0.2, 0.25) is 0 Å². The zero-order valence-electron chi connectivity index (χ0n) is 15.2.